The highest BCUT2D eigenvalue weighted by molar-refractivity contribution is 8.03. The Morgan fingerprint density at radius 2 is 1.19 bits per heavy atom. The standard InChI is InChI=1S/C21H21N2S2.C14H13N.C10H12NS.2CH4.B.2HI/c1-3-22-16-10-5-7-12-18(16)24-20(22)14-9-15-21-23(4-2)17-11-6-8-13-19(17)25-21;1-3-7-13(8-4-1)11-12-15-14-9-5-2-6-10-14;1-3-11-8(2)12-10-7-5-4-6-9(10)11;;;;;/h5-15H,3-4H2,1-2H3;1-10,12H,11H2;4-7H,3H2,1-2H3;2*1H4;;2*1H/q+1;;+1;;;;;/p-2. The zero-order valence-corrected chi connectivity index (χ0v) is 38.5. The van der Waals surface area contributed by atoms with Crippen molar-refractivity contribution >= 4 is 86.9 Å². The summed E-state index contributed by atoms with van der Waals surface area (Å²) in [5, 5.41) is 3.98. The van der Waals surface area contributed by atoms with Gasteiger partial charge in [-0.15, -0.1) is 0 Å². The SMILES string of the molecule is C.C.C(Cc1ccccc1)=Nc1ccccc1.CCN1/C(=C\C=C\c2sc3ccccc3[n+]2CC)Sc2ccccc21.CC[n+]1c(C)sc2ccccc21.[B].[I-].[I-]. The summed E-state index contributed by atoms with van der Waals surface area (Å²) in [6.07, 6.45) is 9.49. The maximum absolute atomic E-state index is 4.38. The molecule has 1 aliphatic heterocycles. The van der Waals surface area contributed by atoms with E-state index in [0.717, 1.165) is 31.7 Å². The topological polar surface area (TPSA) is 23.4 Å². The van der Waals surface area contributed by atoms with Crippen molar-refractivity contribution in [1.29, 1.82) is 0 Å². The molecule has 7 aromatic rings. The Kier molecular flexibility index (Phi) is 24.2. The van der Waals surface area contributed by atoms with Crippen LogP contribution < -0.4 is 62.0 Å². The van der Waals surface area contributed by atoms with Gasteiger partial charge in [0.2, 0.25) is 16.0 Å². The zero-order chi connectivity index (χ0) is 36.1. The van der Waals surface area contributed by atoms with E-state index in [1.807, 2.05) is 89.2 Å². The monoisotopic (exact) mass is 1040 g/mol. The first kappa shape index (κ1) is 51.7. The minimum Gasteiger partial charge on any atom is -1.00 e. The first-order valence-corrected chi connectivity index (χ1v) is 20.4. The summed E-state index contributed by atoms with van der Waals surface area (Å²) in [6.45, 7) is 11.8. The lowest BCUT2D eigenvalue weighted by Crippen LogP contribution is -3.00. The predicted molar refractivity (Wildman–Crippen MR) is 247 cm³/mol. The second-order valence-electron chi connectivity index (χ2n) is 12.0. The van der Waals surface area contributed by atoms with Gasteiger partial charge < -0.3 is 52.9 Å². The number of rotatable bonds is 8. The number of benzene rings is 5. The summed E-state index contributed by atoms with van der Waals surface area (Å²) in [7, 11) is 0. The van der Waals surface area contributed by atoms with E-state index < -0.39 is 0 Å². The van der Waals surface area contributed by atoms with Crippen molar-refractivity contribution in [1.82, 2.24) is 0 Å². The van der Waals surface area contributed by atoms with Crippen LogP contribution in [-0.4, -0.2) is 21.2 Å². The van der Waals surface area contributed by atoms with Crippen LogP contribution in [0.4, 0.5) is 11.4 Å². The lowest BCUT2D eigenvalue weighted by Gasteiger charge is -2.17. The average Bonchev–Trinajstić information content (AvgIpc) is 3.85. The van der Waals surface area contributed by atoms with Gasteiger partial charge in [0.25, 0.3) is 5.01 Å². The molecule has 3 radical (unpaired) electrons. The van der Waals surface area contributed by atoms with Gasteiger partial charge in [-0.1, -0.05) is 140 Å². The summed E-state index contributed by atoms with van der Waals surface area (Å²) in [5.74, 6) is 0. The van der Waals surface area contributed by atoms with Gasteiger partial charge in [0.05, 0.1) is 16.4 Å². The van der Waals surface area contributed by atoms with Crippen molar-refractivity contribution in [3.05, 3.63) is 166 Å². The summed E-state index contributed by atoms with van der Waals surface area (Å²) in [4.78, 5) is 8.10. The highest BCUT2D eigenvalue weighted by Gasteiger charge is 2.23. The van der Waals surface area contributed by atoms with Gasteiger partial charge in [-0.05, 0) is 68.8 Å². The van der Waals surface area contributed by atoms with Gasteiger partial charge >= 0.3 is 0 Å². The largest absolute Gasteiger partial charge is 1.00 e. The van der Waals surface area contributed by atoms with Gasteiger partial charge in [-0.2, -0.15) is 9.13 Å². The second-order valence-corrected chi connectivity index (χ2v) is 15.4. The number of thioether (sulfide) groups is 1. The van der Waals surface area contributed by atoms with E-state index in [4.69, 9.17) is 0 Å². The highest BCUT2D eigenvalue weighted by atomic mass is 127. The molecule has 2 aromatic heterocycles. The van der Waals surface area contributed by atoms with Crippen molar-refractivity contribution < 1.29 is 57.1 Å². The molecule has 0 fully saturated rings. The molecule has 0 N–H and O–H groups in total. The third-order valence-corrected chi connectivity index (χ3v) is 12.0. The van der Waals surface area contributed by atoms with Crippen molar-refractivity contribution in [2.75, 3.05) is 11.4 Å². The average molecular weight is 1040 g/mol. The van der Waals surface area contributed by atoms with E-state index in [2.05, 4.69) is 150 Å². The Hall–Kier alpha value is -3.30. The first-order valence-electron chi connectivity index (χ1n) is 17.9. The van der Waals surface area contributed by atoms with Crippen molar-refractivity contribution in [3.63, 3.8) is 0 Å². The number of aliphatic imine (C=N–C) groups is 1. The van der Waals surface area contributed by atoms with Crippen LogP contribution in [0.2, 0.25) is 0 Å². The first-order chi connectivity index (χ1) is 25.6. The molecule has 3 heterocycles. The third-order valence-electron chi connectivity index (χ3n) is 8.66. The Labute approximate surface area is 390 Å². The van der Waals surface area contributed by atoms with E-state index in [-0.39, 0.29) is 71.2 Å². The molecule has 0 aliphatic carbocycles. The van der Waals surface area contributed by atoms with Gasteiger partial charge in [-0.25, -0.2) is 0 Å². The molecule has 0 saturated carbocycles. The molecule has 1 aliphatic rings. The van der Waals surface area contributed by atoms with E-state index in [9.17, 15) is 0 Å². The van der Waals surface area contributed by atoms with E-state index >= 15 is 0 Å². The molecule has 57 heavy (non-hydrogen) atoms. The smallest absolute Gasteiger partial charge is 0.262 e. The molecule has 4 nitrogen and oxygen atoms in total. The molecule has 0 bridgehead atoms. The van der Waals surface area contributed by atoms with Gasteiger partial charge in [0.15, 0.2) is 0 Å². The second kappa shape index (κ2) is 26.7. The number of aryl methyl sites for hydroxylation is 3. The van der Waals surface area contributed by atoms with E-state index in [1.165, 1.54) is 51.6 Å². The molecule has 0 amide bonds. The molecule has 0 spiro atoms. The van der Waals surface area contributed by atoms with E-state index in [0.29, 0.717) is 0 Å². The number of nitrogens with zero attached hydrogens (tertiary/aromatic N) is 4. The van der Waals surface area contributed by atoms with Crippen LogP contribution in [0.25, 0.3) is 26.5 Å². The Bertz CT molecular complexity index is 2300. The summed E-state index contributed by atoms with van der Waals surface area (Å²) in [5.41, 5.74) is 6.30. The summed E-state index contributed by atoms with van der Waals surface area (Å²) in [6, 6.07) is 46.1. The number of thiazole rings is 2. The van der Waals surface area contributed by atoms with Crippen molar-refractivity contribution in [2.24, 2.45) is 4.99 Å². The van der Waals surface area contributed by atoms with Crippen LogP contribution >= 0.6 is 34.4 Å². The number of allylic oxidation sites excluding steroid dienone is 2. The van der Waals surface area contributed by atoms with Crippen LogP contribution in [0.3, 0.4) is 0 Å². The van der Waals surface area contributed by atoms with Crippen molar-refractivity contribution in [2.45, 2.75) is 67.0 Å². The minimum atomic E-state index is 0. The van der Waals surface area contributed by atoms with E-state index in [1.54, 1.807) is 0 Å². The Balaban J connectivity index is 0.000000440. The molecule has 8 rings (SSSR count). The highest BCUT2D eigenvalue weighted by Crippen LogP contribution is 2.45. The molecule has 0 unspecified atom stereocenters. The Morgan fingerprint density at radius 3 is 1.82 bits per heavy atom. The fourth-order valence-corrected chi connectivity index (χ4v) is 9.51. The lowest BCUT2D eigenvalue weighted by atomic mass is 10.2. The summed E-state index contributed by atoms with van der Waals surface area (Å²) < 4.78 is 7.45. The molecule has 5 aromatic carbocycles. The van der Waals surface area contributed by atoms with Crippen LogP contribution in [0, 0.1) is 6.92 Å². The van der Waals surface area contributed by atoms with Crippen LogP contribution in [-0.2, 0) is 19.5 Å². The number of hydrogen-bond donors (Lipinski definition) is 0. The maximum atomic E-state index is 4.38. The lowest BCUT2D eigenvalue weighted by molar-refractivity contribution is -0.669. The van der Waals surface area contributed by atoms with Gasteiger partial charge in [0, 0.05) is 57.6 Å². The number of aromatic nitrogens is 2. The molecule has 0 atom stereocenters. The van der Waals surface area contributed by atoms with Gasteiger partial charge in [0.1, 0.15) is 22.5 Å². The van der Waals surface area contributed by atoms with Gasteiger partial charge in [-0.3, -0.25) is 4.99 Å². The zero-order valence-electron chi connectivity index (χ0n) is 31.7. The van der Waals surface area contributed by atoms with Crippen LogP contribution in [0.1, 0.15) is 51.2 Å². The Morgan fingerprint density at radius 1 is 0.649 bits per heavy atom. The molecule has 10 heteroatoms. The fraction of sp³-hybridized carbons (Fsp3) is 0.213. The maximum Gasteiger partial charge on any atom is 0.262 e. The normalized spacial score (nSPS) is 11.9. The molecule has 297 valence electrons. The third kappa shape index (κ3) is 13.6. The molecular weight excluding hydrogens is 981 g/mol. The number of para-hydroxylation sites is 4. The minimum absolute atomic E-state index is 0. The molecular formula is C47H54BI2N4S3. The number of anilines is 1. The number of halogens is 2. The van der Waals surface area contributed by atoms with Crippen LogP contribution in [0.5, 0.6) is 0 Å². The van der Waals surface area contributed by atoms with Crippen molar-refractivity contribution in [3.8, 4) is 0 Å². The number of fused-ring (bicyclic) bond motifs is 3. The molecule has 0 saturated heterocycles. The number of hydrogen-bond acceptors (Lipinski definition) is 5. The van der Waals surface area contributed by atoms with Crippen LogP contribution in [0.15, 0.2) is 161 Å². The predicted octanol–water partition coefficient (Wildman–Crippen LogP) is 6.74. The quantitative estimate of drug-likeness (QED) is 0.0730. The summed E-state index contributed by atoms with van der Waals surface area (Å²) >= 11 is 5.57. The fourth-order valence-electron chi connectivity index (χ4n) is 6.15.